The molecule has 0 aliphatic carbocycles. The van der Waals surface area contributed by atoms with E-state index in [9.17, 15) is 9.59 Å². The van der Waals surface area contributed by atoms with Gasteiger partial charge in [0.05, 0.1) is 5.75 Å². The zero-order chi connectivity index (χ0) is 14.8. The maximum absolute atomic E-state index is 12.6. The van der Waals surface area contributed by atoms with E-state index in [-0.39, 0.29) is 11.8 Å². The highest BCUT2D eigenvalue weighted by Gasteiger charge is 2.31. The van der Waals surface area contributed by atoms with Gasteiger partial charge in [0.25, 0.3) is 11.8 Å². The molecule has 0 unspecified atom stereocenters. The second-order valence-electron chi connectivity index (χ2n) is 4.70. The molecule has 8 heteroatoms. The zero-order valence-corrected chi connectivity index (χ0v) is 12.3. The second kappa shape index (κ2) is 5.72. The number of hydrogen-bond acceptors (Lipinski definition) is 6. The van der Waals surface area contributed by atoms with Gasteiger partial charge in [0.1, 0.15) is 11.0 Å². The van der Waals surface area contributed by atoms with Gasteiger partial charge in [-0.1, -0.05) is 0 Å². The van der Waals surface area contributed by atoms with Crippen molar-refractivity contribution in [1.29, 1.82) is 0 Å². The Hall–Kier alpha value is -2.09. The molecule has 2 amide bonds. The Bertz CT molecular complexity index is 687. The molecule has 1 fully saturated rings. The van der Waals surface area contributed by atoms with Crippen LogP contribution in [0.3, 0.4) is 0 Å². The number of thioether (sulfide) groups is 1. The Labute approximate surface area is 125 Å². The molecule has 0 saturated carbocycles. The van der Waals surface area contributed by atoms with E-state index >= 15 is 0 Å². The molecule has 3 rings (SSSR count). The summed E-state index contributed by atoms with van der Waals surface area (Å²) in [5.74, 6) is 0.125. The third kappa shape index (κ3) is 2.58. The Morgan fingerprint density at radius 1 is 1.24 bits per heavy atom. The van der Waals surface area contributed by atoms with Crippen molar-refractivity contribution in [3.8, 4) is 0 Å². The minimum absolute atomic E-state index is 0.0440. The number of amides is 2. The third-order valence-corrected chi connectivity index (χ3v) is 3.86. The van der Waals surface area contributed by atoms with E-state index < -0.39 is 0 Å². The van der Waals surface area contributed by atoms with E-state index in [0.717, 1.165) is 6.42 Å². The topological polar surface area (TPSA) is 79.5 Å². The first-order chi connectivity index (χ1) is 10.2. The van der Waals surface area contributed by atoms with E-state index in [1.807, 2.05) is 6.26 Å². The molecule has 1 aliphatic rings. The average Bonchev–Trinajstić information content (AvgIpc) is 3.14. The number of carbonyl (C=O) groups excluding carboxylic acids is 2. The molecule has 0 atom stereocenters. The van der Waals surface area contributed by atoms with E-state index in [1.54, 1.807) is 18.2 Å². The lowest BCUT2D eigenvalue weighted by Gasteiger charge is -2.27. The summed E-state index contributed by atoms with van der Waals surface area (Å²) in [6.45, 7) is 1.13. The number of hydrogen-bond donors (Lipinski definition) is 0. The van der Waals surface area contributed by atoms with E-state index in [1.165, 1.54) is 21.8 Å². The largest absolute Gasteiger partial charge is 0.272 e. The van der Waals surface area contributed by atoms with Crippen molar-refractivity contribution in [2.45, 2.75) is 6.42 Å². The van der Waals surface area contributed by atoms with Gasteiger partial charge in [-0.15, -0.1) is 0 Å². The second-order valence-corrected chi connectivity index (χ2v) is 5.57. The third-order valence-electron chi connectivity index (χ3n) is 3.32. The fourth-order valence-corrected chi connectivity index (χ4v) is 2.74. The van der Waals surface area contributed by atoms with Crippen molar-refractivity contribution in [3.63, 3.8) is 0 Å². The van der Waals surface area contributed by atoms with Crippen LogP contribution in [0.4, 0.5) is 0 Å². The van der Waals surface area contributed by atoms with Crippen LogP contribution in [-0.4, -0.2) is 57.2 Å². The number of carbonyl (C=O) groups is 2. The summed E-state index contributed by atoms with van der Waals surface area (Å²) in [4.78, 5) is 24.6. The molecular weight excluding hydrogens is 292 g/mol. The SMILES string of the molecule is CSCC(=O)N1CCCN1C(=O)c1ccc2nonc2c1. The van der Waals surface area contributed by atoms with Crippen molar-refractivity contribution < 1.29 is 14.2 Å². The zero-order valence-electron chi connectivity index (χ0n) is 11.5. The highest BCUT2D eigenvalue weighted by atomic mass is 32.2. The van der Waals surface area contributed by atoms with Gasteiger partial charge < -0.3 is 0 Å². The summed E-state index contributed by atoms with van der Waals surface area (Å²) in [7, 11) is 0. The van der Waals surface area contributed by atoms with Crippen molar-refractivity contribution in [3.05, 3.63) is 23.8 Å². The molecule has 7 nitrogen and oxygen atoms in total. The molecule has 0 N–H and O–H groups in total. The monoisotopic (exact) mass is 306 g/mol. The molecule has 0 radical (unpaired) electrons. The fraction of sp³-hybridized carbons (Fsp3) is 0.385. The summed E-state index contributed by atoms with van der Waals surface area (Å²) in [6.07, 6.45) is 2.66. The van der Waals surface area contributed by atoms with Gasteiger partial charge in [-0.3, -0.25) is 14.6 Å². The minimum atomic E-state index is -0.202. The number of aromatic nitrogens is 2. The van der Waals surface area contributed by atoms with Crippen LogP contribution in [0.15, 0.2) is 22.8 Å². The van der Waals surface area contributed by atoms with Gasteiger partial charge in [-0.2, -0.15) is 11.8 Å². The Balaban J connectivity index is 1.84. The Morgan fingerprint density at radius 2 is 2.00 bits per heavy atom. The van der Waals surface area contributed by atoms with Crippen molar-refractivity contribution in [1.82, 2.24) is 20.3 Å². The van der Waals surface area contributed by atoms with Crippen LogP contribution in [0, 0.1) is 0 Å². The Kier molecular flexibility index (Phi) is 3.78. The lowest BCUT2D eigenvalue weighted by molar-refractivity contribution is -0.137. The normalized spacial score (nSPS) is 14.9. The van der Waals surface area contributed by atoms with Gasteiger partial charge in [0.2, 0.25) is 0 Å². The number of benzene rings is 1. The lowest BCUT2D eigenvalue weighted by Crippen LogP contribution is -2.45. The van der Waals surface area contributed by atoms with Crippen LogP contribution in [0.1, 0.15) is 16.8 Å². The first-order valence-electron chi connectivity index (χ1n) is 6.54. The average molecular weight is 306 g/mol. The lowest BCUT2D eigenvalue weighted by atomic mass is 10.2. The Morgan fingerprint density at radius 3 is 2.81 bits per heavy atom. The number of rotatable bonds is 3. The van der Waals surface area contributed by atoms with Crippen LogP contribution in [-0.2, 0) is 4.79 Å². The summed E-state index contributed by atoms with van der Waals surface area (Å²) in [5.41, 5.74) is 1.60. The minimum Gasteiger partial charge on any atom is -0.272 e. The molecule has 0 spiro atoms. The first kappa shape index (κ1) is 13.9. The maximum atomic E-state index is 12.6. The van der Waals surface area contributed by atoms with Crippen LogP contribution < -0.4 is 0 Å². The van der Waals surface area contributed by atoms with Gasteiger partial charge in [-0.25, -0.2) is 9.64 Å². The molecule has 2 heterocycles. The first-order valence-corrected chi connectivity index (χ1v) is 7.93. The predicted molar refractivity (Wildman–Crippen MR) is 77.6 cm³/mol. The maximum Gasteiger partial charge on any atom is 0.272 e. The van der Waals surface area contributed by atoms with E-state index in [0.29, 0.717) is 35.4 Å². The van der Waals surface area contributed by atoms with Crippen molar-refractivity contribution in [2.75, 3.05) is 25.1 Å². The molecule has 1 aromatic heterocycles. The number of fused-ring (bicyclic) bond motifs is 1. The summed E-state index contributed by atoms with van der Waals surface area (Å²) in [6, 6.07) is 4.98. The molecular formula is C13H14N4O3S. The summed E-state index contributed by atoms with van der Waals surface area (Å²) >= 11 is 1.45. The van der Waals surface area contributed by atoms with Crippen molar-refractivity contribution in [2.24, 2.45) is 0 Å². The number of hydrazine groups is 1. The van der Waals surface area contributed by atoms with Crippen LogP contribution in [0.25, 0.3) is 11.0 Å². The number of nitrogens with zero attached hydrogens (tertiary/aromatic N) is 4. The van der Waals surface area contributed by atoms with Gasteiger partial charge in [0.15, 0.2) is 0 Å². The standard InChI is InChI=1S/C13H14N4O3S/c1-21-8-12(18)16-5-2-6-17(16)13(19)9-3-4-10-11(7-9)15-20-14-10/h3-4,7H,2,5-6,8H2,1H3. The molecule has 1 saturated heterocycles. The molecule has 21 heavy (non-hydrogen) atoms. The van der Waals surface area contributed by atoms with E-state index in [4.69, 9.17) is 0 Å². The molecule has 1 aromatic carbocycles. The van der Waals surface area contributed by atoms with E-state index in [2.05, 4.69) is 14.9 Å². The van der Waals surface area contributed by atoms with Crippen LogP contribution >= 0.6 is 11.8 Å². The molecule has 1 aliphatic heterocycles. The molecule has 0 bridgehead atoms. The van der Waals surface area contributed by atoms with Crippen molar-refractivity contribution >= 4 is 34.6 Å². The highest BCUT2D eigenvalue weighted by molar-refractivity contribution is 7.99. The quantitative estimate of drug-likeness (QED) is 0.847. The smallest absolute Gasteiger partial charge is 0.272 e. The molecule has 2 aromatic rings. The fourth-order valence-electron chi connectivity index (χ4n) is 2.34. The summed E-state index contributed by atoms with van der Waals surface area (Å²) in [5, 5.41) is 10.5. The van der Waals surface area contributed by atoms with Crippen LogP contribution in [0.5, 0.6) is 0 Å². The summed E-state index contributed by atoms with van der Waals surface area (Å²) < 4.78 is 4.62. The van der Waals surface area contributed by atoms with Crippen LogP contribution in [0.2, 0.25) is 0 Å². The predicted octanol–water partition coefficient (Wildman–Crippen LogP) is 1.18. The highest BCUT2D eigenvalue weighted by Crippen LogP contribution is 2.18. The van der Waals surface area contributed by atoms with Gasteiger partial charge in [0, 0.05) is 18.7 Å². The van der Waals surface area contributed by atoms with Gasteiger partial charge >= 0.3 is 0 Å². The van der Waals surface area contributed by atoms with Gasteiger partial charge in [-0.05, 0) is 41.2 Å². The molecule has 110 valence electrons.